The zero-order valence-corrected chi connectivity index (χ0v) is 16.1. The number of nitrogens with zero attached hydrogens (tertiary/aromatic N) is 1. The molecule has 1 heterocycles. The number of aromatic nitrogens is 1. The van der Waals surface area contributed by atoms with E-state index in [2.05, 4.69) is 4.57 Å². The maximum Gasteiger partial charge on any atom is 0.335 e. The number of halogens is 2. The number of hydrogen-bond donors (Lipinski definition) is 1. The number of carboxylic acids is 1. The summed E-state index contributed by atoms with van der Waals surface area (Å²) in [6.07, 6.45) is 5.97. The summed E-state index contributed by atoms with van der Waals surface area (Å²) in [5.74, 6) is -1.20. The quantitative estimate of drug-likeness (QED) is 0.420. The fourth-order valence-corrected chi connectivity index (χ4v) is 3.43. The molecule has 3 aromatic carbocycles. The average Bonchev–Trinajstić information content (AvgIpc) is 3.05. The van der Waals surface area contributed by atoms with Crippen LogP contribution in [-0.2, 0) is 6.54 Å². The van der Waals surface area contributed by atoms with Gasteiger partial charge in [0.1, 0.15) is 5.82 Å². The number of hydrogen-bond acceptors (Lipinski definition) is 1. The molecule has 0 fully saturated rings. The van der Waals surface area contributed by atoms with Gasteiger partial charge in [-0.1, -0.05) is 54.1 Å². The molecule has 0 radical (unpaired) electrons. The maximum absolute atomic E-state index is 13.2. The van der Waals surface area contributed by atoms with Crippen molar-refractivity contribution in [3.8, 4) is 0 Å². The molecule has 0 spiro atoms. The van der Waals surface area contributed by atoms with Gasteiger partial charge in [0.05, 0.1) is 11.1 Å². The second kappa shape index (κ2) is 7.94. The van der Waals surface area contributed by atoms with Crippen LogP contribution in [0.3, 0.4) is 0 Å². The van der Waals surface area contributed by atoms with Gasteiger partial charge in [0.15, 0.2) is 0 Å². The first-order valence-corrected chi connectivity index (χ1v) is 9.42. The molecule has 29 heavy (non-hydrogen) atoms. The highest BCUT2D eigenvalue weighted by molar-refractivity contribution is 6.31. The second-order valence-corrected chi connectivity index (χ2v) is 7.20. The Kier molecular flexibility index (Phi) is 5.19. The lowest BCUT2D eigenvalue weighted by molar-refractivity contribution is 0.0697. The SMILES string of the molecule is O=C(O)c1ccc(C=Cc2cn(Cc3ccc(F)cc3)c3cc(Cl)ccc23)cc1. The minimum Gasteiger partial charge on any atom is -0.478 e. The molecule has 4 aromatic rings. The van der Waals surface area contributed by atoms with E-state index in [0.29, 0.717) is 11.6 Å². The first-order chi connectivity index (χ1) is 14.0. The Hall–Kier alpha value is -3.37. The minimum absolute atomic E-state index is 0.257. The summed E-state index contributed by atoms with van der Waals surface area (Å²) >= 11 is 6.21. The van der Waals surface area contributed by atoms with Gasteiger partial charge < -0.3 is 9.67 Å². The zero-order chi connectivity index (χ0) is 20.4. The standard InChI is InChI=1S/C24H17ClFNO2/c25-20-9-12-22-19(8-3-16-1-6-18(7-2-16)24(28)29)15-27(23(22)13-20)14-17-4-10-21(26)11-5-17/h1-13,15H,14H2,(H,28,29). The van der Waals surface area contributed by atoms with E-state index in [1.807, 2.05) is 36.5 Å². The average molecular weight is 406 g/mol. The molecule has 0 bridgehead atoms. The fraction of sp³-hybridized carbons (Fsp3) is 0.0417. The summed E-state index contributed by atoms with van der Waals surface area (Å²) in [6.45, 7) is 0.596. The number of aromatic carboxylic acids is 1. The van der Waals surface area contributed by atoms with Crippen LogP contribution in [-0.4, -0.2) is 15.6 Å². The molecule has 0 saturated carbocycles. The lowest BCUT2D eigenvalue weighted by atomic mass is 10.1. The predicted molar refractivity (Wildman–Crippen MR) is 115 cm³/mol. The largest absolute Gasteiger partial charge is 0.478 e. The zero-order valence-electron chi connectivity index (χ0n) is 15.3. The molecule has 0 aliphatic rings. The predicted octanol–water partition coefficient (Wildman–Crippen LogP) is 6.35. The van der Waals surface area contributed by atoms with Gasteiger partial charge in [0.25, 0.3) is 0 Å². The molecule has 0 amide bonds. The van der Waals surface area contributed by atoms with E-state index in [4.69, 9.17) is 16.7 Å². The van der Waals surface area contributed by atoms with E-state index in [9.17, 15) is 9.18 Å². The lowest BCUT2D eigenvalue weighted by Crippen LogP contribution is -1.97. The van der Waals surface area contributed by atoms with Crippen molar-refractivity contribution in [2.24, 2.45) is 0 Å². The monoisotopic (exact) mass is 405 g/mol. The Morgan fingerprint density at radius 1 is 1.00 bits per heavy atom. The van der Waals surface area contributed by atoms with Crippen LogP contribution in [0.5, 0.6) is 0 Å². The summed E-state index contributed by atoms with van der Waals surface area (Å²) in [5.41, 5.74) is 4.16. The van der Waals surface area contributed by atoms with E-state index < -0.39 is 5.97 Å². The van der Waals surface area contributed by atoms with Crippen molar-refractivity contribution < 1.29 is 14.3 Å². The van der Waals surface area contributed by atoms with Gasteiger partial charge in [0, 0.05) is 28.7 Å². The summed E-state index contributed by atoms with van der Waals surface area (Å²) < 4.78 is 15.3. The van der Waals surface area contributed by atoms with Crippen molar-refractivity contribution in [1.29, 1.82) is 0 Å². The Morgan fingerprint density at radius 2 is 1.72 bits per heavy atom. The number of rotatable bonds is 5. The molecule has 1 aromatic heterocycles. The molecule has 3 nitrogen and oxygen atoms in total. The van der Waals surface area contributed by atoms with Crippen molar-refractivity contribution in [3.63, 3.8) is 0 Å². The van der Waals surface area contributed by atoms with E-state index >= 15 is 0 Å². The van der Waals surface area contributed by atoms with Gasteiger partial charge in [-0.15, -0.1) is 0 Å². The minimum atomic E-state index is -0.943. The lowest BCUT2D eigenvalue weighted by Gasteiger charge is -2.06. The molecule has 4 rings (SSSR count). The van der Waals surface area contributed by atoms with Crippen LogP contribution in [0.2, 0.25) is 5.02 Å². The van der Waals surface area contributed by atoms with Crippen LogP contribution in [0.15, 0.2) is 72.9 Å². The van der Waals surface area contributed by atoms with Crippen LogP contribution in [0.1, 0.15) is 27.0 Å². The third kappa shape index (κ3) is 4.23. The van der Waals surface area contributed by atoms with Gasteiger partial charge in [0.2, 0.25) is 0 Å². The molecular formula is C24H17ClFNO2. The van der Waals surface area contributed by atoms with E-state index in [1.165, 1.54) is 12.1 Å². The first-order valence-electron chi connectivity index (χ1n) is 9.04. The van der Waals surface area contributed by atoms with Crippen LogP contribution >= 0.6 is 11.6 Å². The summed E-state index contributed by atoms with van der Waals surface area (Å²) in [5, 5.41) is 10.7. The second-order valence-electron chi connectivity index (χ2n) is 6.76. The molecule has 144 valence electrons. The number of fused-ring (bicyclic) bond motifs is 1. The first kappa shape index (κ1) is 19.0. The highest BCUT2D eigenvalue weighted by Crippen LogP contribution is 2.27. The summed E-state index contributed by atoms with van der Waals surface area (Å²) in [4.78, 5) is 11.0. The molecule has 0 aliphatic carbocycles. The molecule has 0 saturated heterocycles. The van der Waals surface area contributed by atoms with Crippen LogP contribution in [0.25, 0.3) is 23.1 Å². The Labute approximate surface area is 172 Å². The van der Waals surface area contributed by atoms with Gasteiger partial charge in [-0.3, -0.25) is 0 Å². The van der Waals surface area contributed by atoms with Crippen molar-refractivity contribution in [2.75, 3.05) is 0 Å². The third-order valence-corrected chi connectivity index (χ3v) is 4.99. The van der Waals surface area contributed by atoms with E-state index in [-0.39, 0.29) is 11.4 Å². The van der Waals surface area contributed by atoms with Gasteiger partial charge in [-0.2, -0.15) is 0 Å². The molecule has 0 atom stereocenters. The van der Waals surface area contributed by atoms with Crippen molar-refractivity contribution in [1.82, 2.24) is 4.57 Å². The molecule has 0 unspecified atom stereocenters. The van der Waals surface area contributed by atoms with E-state index in [1.54, 1.807) is 36.4 Å². The van der Waals surface area contributed by atoms with Crippen LogP contribution < -0.4 is 0 Å². The number of carbonyl (C=O) groups is 1. The number of carboxylic acid groups (broad SMARTS) is 1. The Balaban J connectivity index is 1.68. The highest BCUT2D eigenvalue weighted by Gasteiger charge is 2.08. The van der Waals surface area contributed by atoms with Crippen molar-refractivity contribution in [3.05, 3.63) is 106 Å². The Morgan fingerprint density at radius 3 is 2.41 bits per heavy atom. The summed E-state index contributed by atoms with van der Waals surface area (Å²) in [6, 6.07) is 18.9. The van der Waals surface area contributed by atoms with Crippen LogP contribution in [0.4, 0.5) is 4.39 Å². The maximum atomic E-state index is 13.2. The molecule has 0 aliphatic heterocycles. The normalized spacial score (nSPS) is 11.4. The molecule has 1 N–H and O–H groups in total. The third-order valence-electron chi connectivity index (χ3n) is 4.75. The Bertz CT molecular complexity index is 1210. The molecule has 5 heteroatoms. The van der Waals surface area contributed by atoms with Crippen LogP contribution in [0, 0.1) is 5.82 Å². The van der Waals surface area contributed by atoms with E-state index in [0.717, 1.165) is 27.6 Å². The van der Waals surface area contributed by atoms with Gasteiger partial charge >= 0.3 is 5.97 Å². The van der Waals surface area contributed by atoms with Gasteiger partial charge in [-0.25, -0.2) is 9.18 Å². The highest BCUT2D eigenvalue weighted by atomic mass is 35.5. The summed E-state index contributed by atoms with van der Waals surface area (Å²) in [7, 11) is 0. The topological polar surface area (TPSA) is 42.2 Å². The van der Waals surface area contributed by atoms with Crippen molar-refractivity contribution in [2.45, 2.75) is 6.54 Å². The number of benzene rings is 3. The fourth-order valence-electron chi connectivity index (χ4n) is 3.27. The molecular weight excluding hydrogens is 389 g/mol. The van der Waals surface area contributed by atoms with Gasteiger partial charge in [-0.05, 0) is 47.5 Å². The smallest absolute Gasteiger partial charge is 0.335 e. The van der Waals surface area contributed by atoms with Crippen molar-refractivity contribution >= 4 is 40.6 Å².